The van der Waals surface area contributed by atoms with E-state index in [9.17, 15) is 14.7 Å². The van der Waals surface area contributed by atoms with E-state index < -0.39 is 24.3 Å². The van der Waals surface area contributed by atoms with Gasteiger partial charge in [-0.1, -0.05) is 40.2 Å². The van der Waals surface area contributed by atoms with E-state index in [1.54, 1.807) is 54.6 Å². The topological polar surface area (TPSA) is 124 Å². The molecular formula is C27H23Br2NO8. The Hall–Kier alpha value is -3.70. The Morgan fingerprint density at radius 2 is 1.82 bits per heavy atom. The molecule has 1 amide bonds. The molecule has 9 nitrogen and oxygen atoms in total. The van der Waals surface area contributed by atoms with Gasteiger partial charge >= 0.3 is 12.1 Å². The van der Waals surface area contributed by atoms with Crippen molar-refractivity contribution >= 4 is 49.6 Å². The van der Waals surface area contributed by atoms with Gasteiger partial charge in [0.05, 0.1) is 4.47 Å². The van der Waals surface area contributed by atoms with Gasteiger partial charge in [-0.15, -0.1) is 0 Å². The fourth-order valence-electron chi connectivity index (χ4n) is 3.77. The molecule has 4 rings (SSSR count). The number of benzene rings is 3. The smallest absolute Gasteiger partial charge is 0.412 e. The summed E-state index contributed by atoms with van der Waals surface area (Å²) in [6.45, 7) is 0.0944. The van der Waals surface area contributed by atoms with Crippen molar-refractivity contribution in [1.29, 1.82) is 0 Å². The summed E-state index contributed by atoms with van der Waals surface area (Å²) in [5, 5.41) is 22.5. The maximum absolute atomic E-state index is 13.1. The molecule has 1 aliphatic heterocycles. The lowest BCUT2D eigenvalue weighted by atomic mass is 9.99. The van der Waals surface area contributed by atoms with Crippen molar-refractivity contribution in [3.63, 3.8) is 0 Å². The standard InChI is InChI=1S/C27H23Br2NO8/c28-16-12-19(25(33)20(29)13-16)26(38-27(34)30-17-10-11-21-23(14-17)36-15-35-21)22(8-4-5-9-24(31)32)37-18-6-2-1-3-7-18/h1-3,5-7,9-14,22,26,33H,4,8,15H2,(H,30,34)(H,31,32)/b9-5+/t22-,26-/m0/s1. The number of carbonyl (C=O) groups is 2. The summed E-state index contributed by atoms with van der Waals surface area (Å²) in [7, 11) is 0. The summed E-state index contributed by atoms with van der Waals surface area (Å²) < 4.78 is 23.8. The van der Waals surface area contributed by atoms with E-state index >= 15 is 0 Å². The number of ether oxygens (including phenoxy) is 4. The van der Waals surface area contributed by atoms with Crippen LogP contribution in [0.2, 0.25) is 0 Å². The number of carboxylic acids is 1. The Morgan fingerprint density at radius 1 is 1.05 bits per heavy atom. The number of halogens is 2. The highest BCUT2D eigenvalue weighted by Gasteiger charge is 2.32. The lowest BCUT2D eigenvalue weighted by molar-refractivity contribution is -0.131. The lowest BCUT2D eigenvalue weighted by Crippen LogP contribution is -2.31. The summed E-state index contributed by atoms with van der Waals surface area (Å²) in [5.41, 5.74) is 0.706. The second-order valence-corrected chi connectivity index (χ2v) is 9.90. The predicted octanol–water partition coefficient (Wildman–Crippen LogP) is 6.80. The number of anilines is 1. The quantitative estimate of drug-likeness (QED) is 0.205. The van der Waals surface area contributed by atoms with Crippen LogP contribution >= 0.6 is 31.9 Å². The maximum atomic E-state index is 13.1. The molecule has 3 aromatic carbocycles. The van der Waals surface area contributed by atoms with Crippen molar-refractivity contribution in [3.05, 3.63) is 87.3 Å². The van der Waals surface area contributed by atoms with Crippen LogP contribution in [0.4, 0.5) is 10.5 Å². The van der Waals surface area contributed by atoms with Gasteiger partial charge in [-0.2, -0.15) is 0 Å². The molecule has 38 heavy (non-hydrogen) atoms. The molecule has 11 heteroatoms. The molecule has 0 radical (unpaired) electrons. The van der Waals surface area contributed by atoms with Crippen molar-refractivity contribution in [3.8, 4) is 23.0 Å². The van der Waals surface area contributed by atoms with Gasteiger partial charge in [0.25, 0.3) is 0 Å². The molecule has 3 N–H and O–H groups in total. The number of para-hydroxylation sites is 1. The van der Waals surface area contributed by atoms with Crippen molar-refractivity contribution in [2.45, 2.75) is 25.0 Å². The van der Waals surface area contributed by atoms with Crippen LogP contribution in [0, 0.1) is 0 Å². The number of aromatic hydroxyl groups is 1. The van der Waals surface area contributed by atoms with Crippen LogP contribution in [0.1, 0.15) is 24.5 Å². The minimum Gasteiger partial charge on any atom is -0.506 e. The van der Waals surface area contributed by atoms with E-state index in [1.165, 1.54) is 6.08 Å². The van der Waals surface area contributed by atoms with Gasteiger partial charge in [0.1, 0.15) is 17.6 Å². The van der Waals surface area contributed by atoms with Crippen LogP contribution in [0.25, 0.3) is 0 Å². The zero-order valence-corrected chi connectivity index (χ0v) is 23.0. The molecule has 0 bridgehead atoms. The van der Waals surface area contributed by atoms with Gasteiger partial charge in [-0.05, 0) is 65.2 Å². The number of nitrogens with one attached hydrogen (secondary N) is 1. The molecule has 0 saturated heterocycles. The third-order valence-corrected chi connectivity index (χ3v) is 6.53. The zero-order valence-electron chi connectivity index (χ0n) is 19.8. The number of phenolic OH excluding ortho intramolecular Hbond substituents is 1. The molecule has 2 atom stereocenters. The van der Waals surface area contributed by atoms with Crippen LogP contribution in [0.3, 0.4) is 0 Å². The number of carbonyl (C=O) groups excluding carboxylic acids is 1. The molecular weight excluding hydrogens is 626 g/mol. The van der Waals surface area contributed by atoms with E-state index in [0.717, 1.165) is 6.08 Å². The number of allylic oxidation sites excluding steroid dienone is 1. The summed E-state index contributed by atoms with van der Waals surface area (Å²) in [5.74, 6) is 0.365. The lowest BCUT2D eigenvalue weighted by Gasteiger charge is -2.29. The SMILES string of the molecule is O=C(O)/C=C/CC[C@H](Oc1ccccc1)[C@@H](OC(=O)Nc1ccc2c(c1)OCO2)c1cc(Br)cc(Br)c1O. The van der Waals surface area contributed by atoms with E-state index in [4.69, 9.17) is 24.1 Å². The maximum Gasteiger partial charge on any atom is 0.412 e. The third kappa shape index (κ3) is 7.20. The fraction of sp³-hybridized carbons (Fsp3) is 0.185. The Balaban J connectivity index is 1.65. The van der Waals surface area contributed by atoms with Crippen molar-refractivity contribution < 1.29 is 38.7 Å². The number of phenols is 1. The third-order valence-electron chi connectivity index (χ3n) is 5.46. The number of carboxylic acid groups (broad SMARTS) is 1. The van der Waals surface area contributed by atoms with Crippen LogP contribution < -0.4 is 19.5 Å². The number of amides is 1. The Bertz CT molecular complexity index is 1330. The van der Waals surface area contributed by atoms with E-state index in [0.29, 0.717) is 38.3 Å². The molecule has 3 aromatic rings. The number of hydrogen-bond donors (Lipinski definition) is 3. The van der Waals surface area contributed by atoms with Crippen LogP contribution in [-0.4, -0.2) is 35.2 Å². The highest BCUT2D eigenvalue weighted by Crippen LogP contribution is 2.40. The minimum atomic E-state index is -1.09. The second-order valence-electron chi connectivity index (χ2n) is 8.13. The molecule has 0 spiro atoms. The average Bonchev–Trinajstić information content (AvgIpc) is 3.35. The predicted molar refractivity (Wildman–Crippen MR) is 146 cm³/mol. The summed E-state index contributed by atoms with van der Waals surface area (Å²) in [6, 6.07) is 17.1. The first-order valence-electron chi connectivity index (χ1n) is 11.5. The Morgan fingerprint density at radius 3 is 2.58 bits per heavy atom. The highest BCUT2D eigenvalue weighted by atomic mass is 79.9. The molecule has 0 fully saturated rings. The molecule has 1 heterocycles. The molecule has 0 aromatic heterocycles. The zero-order chi connectivity index (χ0) is 27.1. The molecule has 0 unspecified atom stereocenters. The van der Waals surface area contributed by atoms with Crippen LogP contribution in [0.15, 0.2) is 81.8 Å². The first-order valence-corrected chi connectivity index (χ1v) is 13.0. The summed E-state index contributed by atoms with van der Waals surface area (Å²) in [4.78, 5) is 24.0. The van der Waals surface area contributed by atoms with Gasteiger partial charge in [0.2, 0.25) is 6.79 Å². The molecule has 1 aliphatic rings. The van der Waals surface area contributed by atoms with E-state index in [2.05, 4.69) is 37.2 Å². The number of rotatable bonds is 10. The van der Waals surface area contributed by atoms with E-state index in [-0.39, 0.29) is 24.5 Å². The van der Waals surface area contributed by atoms with Crippen molar-refractivity contribution in [2.24, 2.45) is 0 Å². The first kappa shape index (κ1) is 27.3. The molecule has 0 aliphatic carbocycles. The van der Waals surface area contributed by atoms with Gasteiger partial charge in [-0.25, -0.2) is 9.59 Å². The number of fused-ring (bicyclic) bond motifs is 1. The van der Waals surface area contributed by atoms with Gasteiger partial charge in [0.15, 0.2) is 17.6 Å². The van der Waals surface area contributed by atoms with Crippen molar-refractivity contribution in [2.75, 3.05) is 12.1 Å². The summed E-state index contributed by atoms with van der Waals surface area (Å²) >= 11 is 6.75. The number of hydrogen-bond acceptors (Lipinski definition) is 7. The largest absolute Gasteiger partial charge is 0.506 e. The Labute approximate surface area is 235 Å². The fourth-order valence-corrected chi connectivity index (χ4v) is 5.03. The highest BCUT2D eigenvalue weighted by molar-refractivity contribution is 9.11. The second kappa shape index (κ2) is 12.7. The molecule has 0 saturated carbocycles. The summed E-state index contributed by atoms with van der Waals surface area (Å²) in [6.07, 6.45) is 0.418. The van der Waals surface area contributed by atoms with E-state index in [1.807, 2.05) is 6.07 Å². The van der Waals surface area contributed by atoms with Crippen LogP contribution in [0.5, 0.6) is 23.0 Å². The first-order chi connectivity index (χ1) is 18.3. The average molecular weight is 649 g/mol. The van der Waals surface area contributed by atoms with Crippen LogP contribution in [-0.2, 0) is 9.53 Å². The monoisotopic (exact) mass is 647 g/mol. The van der Waals surface area contributed by atoms with Crippen molar-refractivity contribution in [1.82, 2.24) is 0 Å². The minimum absolute atomic E-state index is 0.0944. The normalized spacial score (nSPS) is 13.6. The van der Waals surface area contributed by atoms with Gasteiger partial charge in [0, 0.05) is 27.9 Å². The number of aliphatic carboxylic acids is 1. The molecule has 198 valence electrons. The van der Waals surface area contributed by atoms with Gasteiger partial charge < -0.3 is 29.2 Å². The van der Waals surface area contributed by atoms with Gasteiger partial charge in [-0.3, -0.25) is 5.32 Å². The Kier molecular flexibility index (Phi) is 9.14.